The molecular weight excluding hydrogens is 242 g/mol. The van der Waals surface area contributed by atoms with Crippen LogP contribution in [0.15, 0.2) is 30.5 Å². The lowest BCUT2D eigenvalue weighted by atomic mass is 10.2. The van der Waals surface area contributed by atoms with Gasteiger partial charge in [-0.3, -0.25) is 0 Å². The zero-order valence-corrected chi connectivity index (χ0v) is 10.3. The van der Waals surface area contributed by atoms with E-state index in [0.29, 0.717) is 12.6 Å². The summed E-state index contributed by atoms with van der Waals surface area (Å²) in [6.45, 7) is 1.37. The van der Waals surface area contributed by atoms with Crippen molar-refractivity contribution >= 4 is 23.3 Å². The second kappa shape index (κ2) is 7.78. The van der Waals surface area contributed by atoms with Crippen molar-refractivity contribution in [1.29, 1.82) is 0 Å². The summed E-state index contributed by atoms with van der Waals surface area (Å²) in [5.74, 6) is 0. The first kappa shape index (κ1) is 15.6. The molecule has 0 saturated heterocycles. The van der Waals surface area contributed by atoms with Gasteiger partial charge in [0.25, 0.3) is 0 Å². The first-order valence-corrected chi connectivity index (χ1v) is 4.89. The molecule has 0 fully saturated rings. The number of benzene rings is 1. The molecular formula is C11H16ClN3O2. The molecule has 0 saturated carbocycles. The minimum Gasteiger partial charge on any atom is -0.462 e. The number of para-hydroxylation sites is 1. The molecule has 1 aromatic heterocycles. The van der Waals surface area contributed by atoms with Gasteiger partial charge in [0.1, 0.15) is 6.61 Å². The highest BCUT2D eigenvalue weighted by molar-refractivity contribution is 5.85. The Kier molecular flexibility index (Phi) is 7.13. The zero-order chi connectivity index (χ0) is 10.5. The maximum atomic E-state index is 5.37. The van der Waals surface area contributed by atoms with E-state index in [-0.39, 0.29) is 17.9 Å². The molecule has 94 valence electrons. The second-order valence-electron chi connectivity index (χ2n) is 3.16. The lowest BCUT2D eigenvalue weighted by molar-refractivity contribution is 0.295. The molecule has 0 radical (unpaired) electrons. The molecule has 0 amide bonds. The summed E-state index contributed by atoms with van der Waals surface area (Å²) in [5, 5.41) is 4.02. The van der Waals surface area contributed by atoms with Gasteiger partial charge in [0, 0.05) is 18.1 Å². The van der Waals surface area contributed by atoms with Crippen LogP contribution in [-0.2, 0) is 0 Å². The van der Waals surface area contributed by atoms with Crippen molar-refractivity contribution in [2.45, 2.75) is 0 Å². The highest BCUT2D eigenvalue weighted by atomic mass is 35.5. The van der Waals surface area contributed by atoms with Crippen LogP contribution in [-0.4, -0.2) is 35.6 Å². The number of fused-ring (bicyclic) bond motifs is 1. The highest BCUT2D eigenvalue weighted by Gasteiger charge is 1.99. The Morgan fingerprint density at radius 1 is 1.29 bits per heavy atom. The molecule has 0 unspecified atom stereocenters. The van der Waals surface area contributed by atoms with Gasteiger partial charge in [-0.1, -0.05) is 18.2 Å². The fourth-order valence-electron chi connectivity index (χ4n) is 1.27. The summed E-state index contributed by atoms with van der Waals surface area (Å²) in [4.78, 5) is 8.40. The van der Waals surface area contributed by atoms with E-state index in [4.69, 9.17) is 4.74 Å². The number of nitrogens with zero attached hydrogens (tertiary/aromatic N) is 2. The van der Waals surface area contributed by atoms with Gasteiger partial charge in [0.05, 0.1) is 5.52 Å². The van der Waals surface area contributed by atoms with Crippen molar-refractivity contribution in [1.82, 2.24) is 15.3 Å². The van der Waals surface area contributed by atoms with Gasteiger partial charge in [-0.15, -0.1) is 12.4 Å². The maximum Gasteiger partial charge on any atom is 0.316 e. The van der Waals surface area contributed by atoms with Crippen LogP contribution in [0.25, 0.3) is 10.9 Å². The molecule has 3 N–H and O–H groups in total. The molecule has 0 aliphatic carbocycles. The third-order valence-electron chi connectivity index (χ3n) is 2.05. The summed E-state index contributed by atoms with van der Waals surface area (Å²) in [6.07, 6.45) is 1.77. The average Bonchev–Trinajstić information content (AvgIpc) is 2.29. The Labute approximate surface area is 106 Å². The SMILES string of the molecule is CNCCOc1ncc2ccccc2n1.Cl.O. The van der Waals surface area contributed by atoms with E-state index in [9.17, 15) is 0 Å². The highest BCUT2D eigenvalue weighted by Crippen LogP contribution is 2.12. The predicted octanol–water partition coefficient (Wildman–Crippen LogP) is 0.825. The number of likely N-dealkylation sites (N-methyl/N-ethyl adjacent to an activating group) is 1. The summed E-state index contributed by atoms with van der Waals surface area (Å²) in [5.41, 5.74) is 0.909. The lowest BCUT2D eigenvalue weighted by Crippen LogP contribution is -2.16. The summed E-state index contributed by atoms with van der Waals surface area (Å²) >= 11 is 0. The van der Waals surface area contributed by atoms with Gasteiger partial charge in [-0.2, -0.15) is 4.98 Å². The topological polar surface area (TPSA) is 78.5 Å². The minimum atomic E-state index is 0. The minimum absolute atomic E-state index is 0. The average molecular weight is 258 g/mol. The van der Waals surface area contributed by atoms with Crippen molar-refractivity contribution < 1.29 is 10.2 Å². The fraction of sp³-hybridized carbons (Fsp3) is 0.273. The van der Waals surface area contributed by atoms with E-state index in [2.05, 4.69) is 15.3 Å². The van der Waals surface area contributed by atoms with Crippen molar-refractivity contribution in [2.75, 3.05) is 20.2 Å². The van der Waals surface area contributed by atoms with Crippen LogP contribution in [0.1, 0.15) is 0 Å². The Morgan fingerprint density at radius 3 is 2.82 bits per heavy atom. The van der Waals surface area contributed by atoms with Gasteiger partial charge < -0.3 is 15.5 Å². The molecule has 1 aromatic carbocycles. The Morgan fingerprint density at radius 2 is 2.06 bits per heavy atom. The molecule has 0 bridgehead atoms. The molecule has 0 aliphatic rings. The van der Waals surface area contributed by atoms with Gasteiger partial charge in [0.2, 0.25) is 0 Å². The first-order chi connectivity index (χ1) is 7.40. The van der Waals surface area contributed by atoms with Gasteiger partial charge in [-0.05, 0) is 13.1 Å². The molecule has 0 spiro atoms. The fourth-order valence-corrected chi connectivity index (χ4v) is 1.27. The van der Waals surface area contributed by atoms with Crippen LogP contribution in [0.4, 0.5) is 0 Å². The van der Waals surface area contributed by atoms with E-state index in [1.807, 2.05) is 31.3 Å². The number of hydrogen-bond donors (Lipinski definition) is 1. The molecule has 6 heteroatoms. The molecule has 0 atom stereocenters. The van der Waals surface area contributed by atoms with Gasteiger partial charge in [0.15, 0.2) is 0 Å². The van der Waals surface area contributed by atoms with Crippen molar-refractivity contribution in [3.05, 3.63) is 30.5 Å². The van der Waals surface area contributed by atoms with Gasteiger partial charge >= 0.3 is 6.01 Å². The number of halogens is 1. The molecule has 17 heavy (non-hydrogen) atoms. The lowest BCUT2D eigenvalue weighted by Gasteiger charge is -2.04. The van der Waals surface area contributed by atoms with Crippen LogP contribution < -0.4 is 10.1 Å². The Bertz CT molecular complexity index is 453. The van der Waals surface area contributed by atoms with Crippen molar-refractivity contribution in [2.24, 2.45) is 0 Å². The number of hydrogen-bond acceptors (Lipinski definition) is 4. The normalized spacial score (nSPS) is 9.24. The molecule has 2 aromatic rings. The largest absolute Gasteiger partial charge is 0.462 e. The predicted molar refractivity (Wildman–Crippen MR) is 69.8 cm³/mol. The van der Waals surface area contributed by atoms with Crippen LogP contribution in [0.3, 0.4) is 0 Å². The third-order valence-corrected chi connectivity index (χ3v) is 2.05. The van der Waals surface area contributed by atoms with Crippen molar-refractivity contribution in [3.8, 4) is 6.01 Å². The van der Waals surface area contributed by atoms with E-state index in [1.54, 1.807) is 6.20 Å². The van der Waals surface area contributed by atoms with Crippen LogP contribution in [0, 0.1) is 0 Å². The number of rotatable bonds is 4. The van der Waals surface area contributed by atoms with E-state index in [0.717, 1.165) is 17.4 Å². The summed E-state index contributed by atoms with van der Waals surface area (Å²) in [6, 6.07) is 8.28. The first-order valence-electron chi connectivity index (χ1n) is 4.89. The quantitative estimate of drug-likeness (QED) is 0.823. The Hall–Kier alpha value is -1.43. The number of nitrogens with one attached hydrogen (secondary N) is 1. The molecule has 1 heterocycles. The third kappa shape index (κ3) is 4.14. The Balaban J connectivity index is 0.00000128. The summed E-state index contributed by atoms with van der Waals surface area (Å²) in [7, 11) is 1.88. The zero-order valence-electron chi connectivity index (χ0n) is 9.51. The van der Waals surface area contributed by atoms with Crippen LogP contribution >= 0.6 is 12.4 Å². The standard InChI is InChI=1S/C11H13N3O.ClH.H2O/c1-12-6-7-15-11-13-8-9-4-2-3-5-10(9)14-11;;/h2-5,8,12H,6-7H2,1H3;1H;1H2. The van der Waals surface area contributed by atoms with Crippen LogP contribution in [0.2, 0.25) is 0 Å². The van der Waals surface area contributed by atoms with E-state index in [1.165, 1.54) is 0 Å². The van der Waals surface area contributed by atoms with Crippen LogP contribution in [0.5, 0.6) is 6.01 Å². The monoisotopic (exact) mass is 257 g/mol. The molecule has 2 rings (SSSR count). The number of aromatic nitrogens is 2. The maximum absolute atomic E-state index is 5.37. The van der Waals surface area contributed by atoms with Crippen molar-refractivity contribution in [3.63, 3.8) is 0 Å². The van der Waals surface area contributed by atoms with Gasteiger partial charge in [-0.25, -0.2) is 4.98 Å². The summed E-state index contributed by atoms with van der Waals surface area (Å²) < 4.78 is 5.37. The van der Waals surface area contributed by atoms with E-state index >= 15 is 0 Å². The number of ether oxygens (including phenoxy) is 1. The second-order valence-corrected chi connectivity index (χ2v) is 3.16. The molecule has 5 nitrogen and oxygen atoms in total. The van der Waals surface area contributed by atoms with E-state index < -0.39 is 0 Å². The molecule has 0 aliphatic heterocycles. The smallest absolute Gasteiger partial charge is 0.316 e.